The van der Waals surface area contributed by atoms with Gasteiger partial charge in [-0.25, -0.2) is 4.79 Å². The van der Waals surface area contributed by atoms with Gasteiger partial charge in [-0.15, -0.1) is 0 Å². The first-order valence-corrected chi connectivity index (χ1v) is 6.32. The van der Waals surface area contributed by atoms with E-state index in [1.807, 2.05) is 0 Å². The Balaban J connectivity index is 2.66. The van der Waals surface area contributed by atoms with Crippen LogP contribution in [0.15, 0.2) is 12.1 Å². The van der Waals surface area contributed by atoms with Gasteiger partial charge in [0.05, 0.1) is 27.2 Å². The number of benzene rings is 1. The minimum atomic E-state index is -0.906. The zero-order valence-electron chi connectivity index (χ0n) is 9.91. The van der Waals surface area contributed by atoms with Gasteiger partial charge in [-0.05, 0) is 12.1 Å². The molecule has 1 aromatic rings. The molecule has 0 radical (unpaired) electrons. The monoisotopic (exact) mass is 338 g/mol. The highest BCUT2D eigenvalue weighted by molar-refractivity contribution is 6.46. The van der Waals surface area contributed by atoms with E-state index in [0.29, 0.717) is 0 Å². The van der Waals surface area contributed by atoms with E-state index in [2.05, 4.69) is 5.32 Å². The summed E-state index contributed by atoms with van der Waals surface area (Å²) in [5.74, 6) is -2.31. The number of hydrogen-bond acceptors (Lipinski definition) is 4. The van der Waals surface area contributed by atoms with Crippen molar-refractivity contribution in [2.24, 2.45) is 5.73 Å². The lowest BCUT2D eigenvalue weighted by atomic mass is 10.2. The highest BCUT2D eigenvalue weighted by Gasteiger charge is 2.19. The fourth-order valence-electron chi connectivity index (χ4n) is 1.15. The van der Waals surface area contributed by atoms with Crippen LogP contribution in [-0.2, 0) is 14.3 Å². The summed E-state index contributed by atoms with van der Waals surface area (Å²) in [6, 6.07) is 2.79. The SMILES string of the molecule is NC(=O)CNC(=O)COC(=O)c1c(Cl)ccc(Cl)c1Cl. The molecule has 0 saturated carbocycles. The molecule has 2 amide bonds. The van der Waals surface area contributed by atoms with Crippen molar-refractivity contribution in [2.45, 2.75) is 0 Å². The van der Waals surface area contributed by atoms with Crippen LogP contribution in [0.5, 0.6) is 0 Å². The number of hydrogen-bond donors (Lipinski definition) is 2. The highest BCUT2D eigenvalue weighted by atomic mass is 35.5. The van der Waals surface area contributed by atoms with E-state index >= 15 is 0 Å². The first kappa shape index (κ1) is 16.6. The Bertz CT molecular complexity index is 563. The lowest BCUT2D eigenvalue weighted by Gasteiger charge is -2.08. The molecule has 0 saturated heterocycles. The van der Waals surface area contributed by atoms with Gasteiger partial charge in [0.2, 0.25) is 5.91 Å². The molecule has 0 fully saturated rings. The van der Waals surface area contributed by atoms with Crippen molar-refractivity contribution < 1.29 is 19.1 Å². The molecule has 0 unspecified atom stereocenters. The van der Waals surface area contributed by atoms with Crippen molar-refractivity contribution in [3.05, 3.63) is 32.8 Å². The van der Waals surface area contributed by atoms with Gasteiger partial charge in [0, 0.05) is 0 Å². The molecule has 1 rings (SSSR count). The number of ether oxygens (including phenoxy) is 1. The normalized spacial score (nSPS) is 9.95. The summed E-state index contributed by atoms with van der Waals surface area (Å²) in [6.45, 7) is -0.958. The van der Waals surface area contributed by atoms with Crippen LogP contribution in [0, 0.1) is 0 Å². The number of nitrogens with two attached hydrogens (primary N) is 1. The van der Waals surface area contributed by atoms with Gasteiger partial charge in [0.15, 0.2) is 6.61 Å². The van der Waals surface area contributed by atoms with Crippen molar-refractivity contribution >= 4 is 52.6 Å². The van der Waals surface area contributed by atoms with E-state index in [-0.39, 0.29) is 27.2 Å². The zero-order valence-corrected chi connectivity index (χ0v) is 12.2. The summed E-state index contributed by atoms with van der Waals surface area (Å²) < 4.78 is 4.71. The third-order valence-corrected chi connectivity index (χ3v) is 3.16. The second-order valence-corrected chi connectivity index (χ2v) is 4.73. The molecule has 0 aliphatic carbocycles. The minimum Gasteiger partial charge on any atom is -0.452 e. The molecule has 108 valence electrons. The summed E-state index contributed by atoms with van der Waals surface area (Å²) in [4.78, 5) is 33.4. The van der Waals surface area contributed by atoms with E-state index in [9.17, 15) is 14.4 Å². The lowest BCUT2D eigenvalue weighted by molar-refractivity contribution is -0.127. The van der Waals surface area contributed by atoms with Crippen molar-refractivity contribution in [2.75, 3.05) is 13.2 Å². The minimum absolute atomic E-state index is 0.0435. The first-order valence-electron chi connectivity index (χ1n) is 5.18. The standard InChI is InChI=1S/C11H9Cl3N2O4/c12-5-1-2-6(13)10(14)9(5)11(19)20-4-8(18)16-3-7(15)17/h1-2H,3-4H2,(H2,15,17)(H,16,18). The van der Waals surface area contributed by atoms with E-state index in [1.165, 1.54) is 12.1 Å². The Morgan fingerprint density at radius 3 is 2.35 bits per heavy atom. The number of esters is 1. The van der Waals surface area contributed by atoms with Crippen LogP contribution in [0.2, 0.25) is 15.1 Å². The maximum absolute atomic E-state index is 11.8. The molecule has 3 N–H and O–H groups in total. The average molecular weight is 340 g/mol. The maximum Gasteiger partial charge on any atom is 0.341 e. The van der Waals surface area contributed by atoms with E-state index in [4.69, 9.17) is 45.3 Å². The first-order chi connectivity index (χ1) is 9.32. The van der Waals surface area contributed by atoms with Gasteiger partial charge in [-0.2, -0.15) is 0 Å². The molecule has 0 aromatic heterocycles. The molecule has 0 aliphatic rings. The van der Waals surface area contributed by atoms with Crippen LogP contribution in [0.25, 0.3) is 0 Å². The Hall–Kier alpha value is -1.50. The predicted molar refractivity (Wildman–Crippen MR) is 74.0 cm³/mol. The summed E-state index contributed by atoms with van der Waals surface area (Å²) in [7, 11) is 0. The molecule has 20 heavy (non-hydrogen) atoms. The van der Waals surface area contributed by atoms with Gasteiger partial charge >= 0.3 is 5.97 Å². The molecule has 0 spiro atoms. The largest absolute Gasteiger partial charge is 0.452 e. The third-order valence-electron chi connectivity index (χ3n) is 2.04. The second-order valence-electron chi connectivity index (χ2n) is 3.54. The second kappa shape index (κ2) is 7.33. The number of rotatable bonds is 5. The van der Waals surface area contributed by atoms with Gasteiger partial charge in [0.1, 0.15) is 0 Å². The summed E-state index contributed by atoms with van der Waals surface area (Å²) in [6.07, 6.45) is 0. The number of carbonyl (C=O) groups is 3. The van der Waals surface area contributed by atoms with E-state index in [1.54, 1.807) is 0 Å². The number of halogens is 3. The fraction of sp³-hybridized carbons (Fsp3) is 0.182. The van der Waals surface area contributed by atoms with Crippen LogP contribution < -0.4 is 11.1 Å². The topological polar surface area (TPSA) is 98.5 Å². The zero-order chi connectivity index (χ0) is 15.3. The molecule has 1 aromatic carbocycles. The lowest BCUT2D eigenvalue weighted by Crippen LogP contribution is -2.36. The molecular formula is C11H9Cl3N2O4. The fourth-order valence-corrected chi connectivity index (χ4v) is 1.84. The summed E-state index contributed by atoms with van der Waals surface area (Å²) >= 11 is 17.4. The molecule has 0 bridgehead atoms. The quantitative estimate of drug-likeness (QED) is 0.626. The third kappa shape index (κ3) is 4.56. The predicted octanol–water partition coefficient (Wildman–Crippen LogP) is 1.41. The Labute approximate surface area is 129 Å². The van der Waals surface area contributed by atoms with Crippen LogP contribution in [0.3, 0.4) is 0 Å². The number of carbonyl (C=O) groups excluding carboxylic acids is 3. The molecular weight excluding hydrogens is 330 g/mol. The van der Waals surface area contributed by atoms with Gasteiger partial charge < -0.3 is 15.8 Å². The number of primary amides is 1. The highest BCUT2D eigenvalue weighted by Crippen LogP contribution is 2.31. The molecule has 0 heterocycles. The van der Waals surface area contributed by atoms with Crippen molar-refractivity contribution in [3.63, 3.8) is 0 Å². The van der Waals surface area contributed by atoms with Gasteiger partial charge in [0.25, 0.3) is 5.91 Å². The van der Waals surface area contributed by atoms with Crippen LogP contribution in [0.1, 0.15) is 10.4 Å². The molecule has 6 nitrogen and oxygen atoms in total. The van der Waals surface area contributed by atoms with Gasteiger partial charge in [-0.3, -0.25) is 9.59 Å². The van der Waals surface area contributed by atoms with Crippen molar-refractivity contribution in [1.29, 1.82) is 0 Å². The Morgan fingerprint density at radius 1 is 1.15 bits per heavy atom. The van der Waals surface area contributed by atoms with E-state index < -0.39 is 24.4 Å². The van der Waals surface area contributed by atoms with E-state index in [0.717, 1.165) is 0 Å². The smallest absolute Gasteiger partial charge is 0.341 e. The van der Waals surface area contributed by atoms with Crippen LogP contribution in [-0.4, -0.2) is 30.9 Å². The molecule has 0 atom stereocenters. The van der Waals surface area contributed by atoms with Gasteiger partial charge in [-0.1, -0.05) is 34.8 Å². The van der Waals surface area contributed by atoms with Crippen molar-refractivity contribution in [1.82, 2.24) is 5.32 Å². The Kier molecular flexibility index (Phi) is 6.06. The Morgan fingerprint density at radius 2 is 1.75 bits per heavy atom. The summed E-state index contributed by atoms with van der Waals surface area (Å²) in [5.41, 5.74) is 4.70. The van der Waals surface area contributed by atoms with Crippen LogP contribution >= 0.6 is 34.8 Å². The molecule has 0 aliphatic heterocycles. The molecule has 9 heteroatoms. The average Bonchev–Trinajstić information content (AvgIpc) is 2.38. The van der Waals surface area contributed by atoms with Crippen molar-refractivity contribution in [3.8, 4) is 0 Å². The number of nitrogens with one attached hydrogen (secondary N) is 1. The summed E-state index contributed by atoms with van der Waals surface area (Å²) in [5, 5.41) is 2.25. The number of amides is 2. The maximum atomic E-state index is 11.8. The van der Waals surface area contributed by atoms with Crippen LogP contribution in [0.4, 0.5) is 0 Å².